The first-order valence-corrected chi connectivity index (χ1v) is 59.5. The predicted octanol–water partition coefficient (Wildman–Crippen LogP) is 15.0. The first kappa shape index (κ1) is 104. The van der Waals surface area contributed by atoms with Gasteiger partial charge in [0.05, 0.1) is 197 Å². The second-order valence-corrected chi connectivity index (χ2v) is 51.8. The third-order valence-corrected chi connectivity index (χ3v) is 33.1. The lowest BCUT2D eigenvalue weighted by Crippen LogP contribution is -2.34. The van der Waals surface area contributed by atoms with Gasteiger partial charge in [-0.1, -0.05) is 119 Å². The molecule has 9 saturated heterocycles. The molecule has 24 rings (SSSR count). The molecule has 0 amide bonds. The molecule has 13 aliphatic heterocycles. The summed E-state index contributed by atoms with van der Waals surface area (Å²) in [5, 5.41) is 41.8. The normalized spacial score (nSPS) is 27.3. The van der Waals surface area contributed by atoms with Crippen LogP contribution >= 0.6 is 46.4 Å². The van der Waals surface area contributed by atoms with Gasteiger partial charge in [-0.05, 0) is 117 Å². The standard InChI is InChI=1S/C27H33ClN4O5S.C26H25ClN4O5S.C26H30ClN3O5S.C25H24ClN5O5S/c1-38(2,34)29-13-16-7-9-32(10-8-16)18-5-3-17(4-6-18)25-19(28)11-20-21(31-25)12-24(30-20)37-23-15-36-26-22(33)14-35-27(23)26;1-37(2,33)31-16-6-3-14(4-7-16)18-8-5-15(11-28-18)24-17(27)9-19-20(30-24)10-23(29-19)36-22-13-35-25-21(32)12-34-26(22)25;1-36(28,32)17-8-6-15(7-9-17)14-2-4-16(5-3-14)24-18(27)10-19-20(30-24)11-23(29-19)35-22-13-34-25-21(31)12-33-26(22)25;1-37(2,33)31-15-9-27-25(28-10-15)14-5-3-13(4-6-14)22-16(26)7-17-18(30-22)8-21(29-17)36-20-12-35-23-19(32)11-34-24(20)23/h3-6,11,16,22-23,26-27,33H,7-10,12-15H2,1-2H3;3-9,11,21-22,25-26,32H,10,12-13H2,1-2H3;2-5,10,15,17,21-22,25-26,28,31H,6-9,11-13H2,1H3;3-7,9-10,19-20,23-24,32H,8,11-12H2,1-2H3/t22-,23-,26-,27-;21-,22-,25-,26-;15?,17?,21-,22-,25-,26-,36?;19-,20-,23-,24-/m1111/s1. The highest BCUT2D eigenvalue weighted by Crippen LogP contribution is 2.46. The summed E-state index contributed by atoms with van der Waals surface area (Å²) in [6.45, 7) is 5.02. The number of rotatable bonds is 17. The fraction of sp³-hybridized carbons (Fsp3) is 0.452. The summed E-state index contributed by atoms with van der Waals surface area (Å²) in [4.78, 5) is 53.2. The monoisotopic (exact) mass is 2170 g/mol. The Hall–Kier alpha value is -10.1. The van der Waals surface area contributed by atoms with E-state index >= 15 is 0 Å². The van der Waals surface area contributed by atoms with Crippen molar-refractivity contribution >= 4 is 149 Å². The van der Waals surface area contributed by atoms with Crippen molar-refractivity contribution in [3.8, 4) is 67.7 Å². The summed E-state index contributed by atoms with van der Waals surface area (Å²) < 4.78 is 138. The van der Waals surface area contributed by atoms with E-state index in [-0.39, 0.29) is 105 Å². The summed E-state index contributed by atoms with van der Waals surface area (Å²) >= 11 is 26.4. The molecule has 6 aromatic heterocycles. The van der Waals surface area contributed by atoms with Gasteiger partial charge < -0.3 is 82.2 Å². The van der Waals surface area contributed by atoms with Crippen molar-refractivity contribution in [1.82, 2.24) is 34.9 Å². The summed E-state index contributed by atoms with van der Waals surface area (Å²) in [5.41, 5.74) is 18.3. The first-order valence-electron chi connectivity index (χ1n) is 49.0. The third-order valence-electron chi connectivity index (χ3n) is 28.1. The molecule has 4 aromatic carbocycles. The molecule has 36 nitrogen and oxygen atoms in total. The van der Waals surface area contributed by atoms with Gasteiger partial charge in [-0.15, -0.1) is 0 Å². The maximum absolute atomic E-state index is 12.1. The molecule has 780 valence electrons. The van der Waals surface area contributed by atoms with Crippen LogP contribution in [0.5, 0.6) is 0 Å². The van der Waals surface area contributed by atoms with Gasteiger partial charge >= 0.3 is 0 Å². The van der Waals surface area contributed by atoms with Crippen LogP contribution in [0.3, 0.4) is 0 Å². The number of halogens is 4. The molecule has 0 spiro atoms. The van der Waals surface area contributed by atoms with E-state index in [0.717, 1.165) is 119 Å². The van der Waals surface area contributed by atoms with Gasteiger partial charge in [0.15, 0.2) is 53.8 Å². The predicted molar refractivity (Wildman–Crippen MR) is 566 cm³/mol. The minimum atomic E-state index is -2.46. The second kappa shape index (κ2) is 43.2. The van der Waals surface area contributed by atoms with E-state index in [1.807, 2.05) is 72.8 Å². The van der Waals surface area contributed by atoms with Crippen molar-refractivity contribution in [2.24, 2.45) is 39.0 Å². The van der Waals surface area contributed by atoms with E-state index in [0.29, 0.717) is 171 Å². The Kier molecular flexibility index (Phi) is 30.2. The number of aliphatic hydroxyl groups excluding tert-OH is 4. The van der Waals surface area contributed by atoms with E-state index < -0.39 is 63.3 Å². The molecular formula is C104H112Cl4N16O20S4. The van der Waals surface area contributed by atoms with Crippen molar-refractivity contribution in [2.75, 3.05) is 121 Å². The van der Waals surface area contributed by atoms with Gasteiger partial charge in [0.25, 0.3) is 0 Å². The summed E-state index contributed by atoms with van der Waals surface area (Å²) in [5.74, 6) is 3.63. The van der Waals surface area contributed by atoms with Gasteiger partial charge in [0.1, 0.15) is 78.9 Å². The summed E-state index contributed by atoms with van der Waals surface area (Å²) in [7, 11) is -8.98. The summed E-state index contributed by atoms with van der Waals surface area (Å²) in [6, 6.07) is 42.9. The average molecular weight is 2180 g/mol. The lowest BCUT2D eigenvalue weighted by molar-refractivity contribution is 0.00555. The number of hydrogen-bond acceptors (Lipinski definition) is 36. The Morgan fingerprint density at radius 2 is 0.716 bits per heavy atom. The Bertz CT molecular complexity index is 7130. The number of piperidine rings is 1. The zero-order valence-electron chi connectivity index (χ0n) is 81.9. The molecular weight excluding hydrogens is 2060 g/mol. The minimum Gasteiger partial charge on any atom is -0.472 e. The molecule has 14 aliphatic rings. The van der Waals surface area contributed by atoms with Crippen LogP contribution in [0, 0.1) is 10.7 Å². The smallest absolute Gasteiger partial charge is 0.195 e. The van der Waals surface area contributed by atoms with Crippen molar-refractivity contribution in [2.45, 2.75) is 173 Å². The van der Waals surface area contributed by atoms with Crippen molar-refractivity contribution in [3.63, 3.8) is 0 Å². The molecule has 10 fully saturated rings. The number of benzene rings is 4. The molecule has 1 aliphatic carbocycles. The number of hydrogen-bond donors (Lipinski definition) is 5. The molecule has 1 saturated carbocycles. The lowest BCUT2D eigenvalue weighted by Gasteiger charge is -2.33. The fourth-order valence-corrected chi connectivity index (χ4v) is 24.6. The molecule has 5 N–H and O–H groups in total. The number of anilines is 1. The van der Waals surface area contributed by atoms with Crippen LogP contribution in [-0.4, -0.2) is 315 Å². The van der Waals surface area contributed by atoms with Crippen molar-refractivity contribution in [1.29, 1.82) is 4.78 Å². The summed E-state index contributed by atoms with van der Waals surface area (Å²) in [6.07, 6.45) is 17.3. The Morgan fingerprint density at radius 3 is 1.07 bits per heavy atom. The zero-order chi connectivity index (χ0) is 103. The van der Waals surface area contributed by atoms with E-state index in [1.165, 1.54) is 11.3 Å². The van der Waals surface area contributed by atoms with Crippen LogP contribution in [0.4, 0.5) is 39.8 Å². The first-order chi connectivity index (χ1) is 71.0. The number of fused-ring (bicyclic) bond motifs is 8. The highest BCUT2D eigenvalue weighted by Gasteiger charge is 2.53. The van der Waals surface area contributed by atoms with Crippen LogP contribution in [-0.2, 0) is 121 Å². The molecule has 44 heteroatoms. The van der Waals surface area contributed by atoms with Gasteiger partial charge in [-0.25, -0.2) is 66.9 Å². The Morgan fingerprint density at radius 1 is 0.378 bits per heavy atom. The number of aliphatic imine (C=N–C) groups is 4. The van der Waals surface area contributed by atoms with Crippen LogP contribution in [0.1, 0.15) is 72.8 Å². The molecule has 10 aromatic rings. The molecule has 148 heavy (non-hydrogen) atoms. The maximum atomic E-state index is 12.1. The number of nitrogens with zero attached hydrogens (tertiary/aromatic N) is 15. The van der Waals surface area contributed by atoms with Gasteiger partial charge in [0, 0.05) is 146 Å². The molecule has 17 atom stereocenters. The number of ether oxygens (including phenoxy) is 12. The van der Waals surface area contributed by atoms with Gasteiger partial charge in [-0.3, -0.25) is 14.0 Å². The highest BCUT2D eigenvalue weighted by molar-refractivity contribution is 7.93. The topological polar surface area (TPSA) is 464 Å². The number of aliphatic hydroxyl groups is 4. The number of pyridine rings is 5. The minimum absolute atomic E-state index is 0.0124. The largest absolute Gasteiger partial charge is 0.472 e. The van der Waals surface area contributed by atoms with Gasteiger partial charge in [-0.2, -0.15) is 8.73 Å². The van der Waals surface area contributed by atoms with Crippen LogP contribution in [0.15, 0.2) is 185 Å². The van der Waals surface area contributed by atoms with Crippen molar-refractivity contribution < 1.29 is 94.1 Å². The van der Waals surface area contributed by atoms with E-state index in [4.69, 9.17) is 128 Å². The van der Waals surface area contributed by atoms with Crippen LogP contribution in [0.2, 0.25) is 20.1 Å². The molecule has 0 radical (unpaired) electrons. The van der Waals surface area contributed by atoms with Crippen molar-refractivity contribution in [3.05, 3.63) is 200 Å². The quantitative estimate of drug-likeness (QED) is 0.0565. The molecule has 0 bridgehead atoms. The number of aromatic nitrogens is 7. The Balaban J connectivity index is 0.000000116. The van der Waals surface area contributed by atoms with E-state index in [9.17, 15) is 37.3 Å². The van der Waals surface area contributed by atoms with Crippen LogP contribution < -0.4 is 4.90 Å². The maximum Gasteiger partial charge on any atom is 0.195 e. The van der Waals surface area contributed by atoms with E-state index in [1.54, 1.807) is 74.5 Å². The van der Waals surface area contributed by atoms with E-state index in [2.05, 4.69) is 101 Å². The van der Waals surface area contributed by atoms with Gasteiger partial charge in [0.2, 0.25) is 0 Å². The second-order valence-electron chi connectivity index (χ2n) is 40.0. The van der Waals surface area contributed by atoms with Crippen LogP contribution in [0.25, 0.3) is 67.7 Å². The zero-order valence-corrected chi connectivity index (χ0v) is 88.2. The number of nitrogens with one attached hydrogen (secondary N) is 1. The molecule has 1 unspecified atom stereocenters. The third kappa shape index (κ3) is 23.6. The fourth-order valence-electron chi connectivity index (χ4n) is 20.7. The Labute approximate surface area is 877 Å². The highest BCUT2D eigenvalue weighted by atomic mass is 35.5. The molecule has 19 heterocycles. The SMILES string of the molecule is CS(=N)(=O)C1CCC(c2ccc(-c3nc4c(cc3Cl)N=C(O[C@@H]3CO[C@H]5[C@@H]3OC[C@H]5O)C4)cc2)CC1.CS(C)(=O)=NCC1CCN(c2ccc(-c3nc4c(cc3Cl)N=C(O[C@@H]3CO[C@H]5[C@@H]3OC[C@H]5O)C4)cc2)CC1.CS(C)(=O)=Nc1ccc(-c2ccc(-c3nc4c(cc3Cl)N=C(O[C@@H]3CO[C@H]5[C@@H]3OC[C@H]5O)C4)cn2)cc1.CS(C)(=O)=Nc1cnc(-c2ccc(-c3nc4c(cc3Cl)N=C(O[C@@H]3CO[C@H]5[C@@H]3OC[C@H]5O)C4)cc2)nc1. The average Bonchev–Trinajstić information content (AvgIpc) is 1.59. The lowest BCUT2D eigenvalue weighted by atomic mass is 9.83.